The van der Waals surface area contributed by atoms with Gasteiger partial charge in [0.25, 0.3) is 5.91 Å². The van der Waals surface area contributed by atoms with E-state index in [0.717, 1.165) is 51.9 Å². The molecule has 2 aliphatic heterocycles. The number of likely N-dealkylation sites (tertiary alicyclic amines) is 1. The molecule has 2 N–H and O–H groups in total. The summed E-state index contributed by atoms with van der Waals surface area (Å²) in [5.74, 6) is 0.367. The summed E-state index contributed by atoms with van der Waals surface area (Å²) < 4.78 is 0. The molecule has 5 rings (SSSR count). The summed E-state index contributed by atoms with van der Waals surface area (Å²) in [6, 6.07) is 30.1. The Morgan fingerprint density at radius 3 is 2.03 bits per heavy atom. The molecular weight excluding hydrogens is 446 g/mol. The lowest BCUT2D eigenvalue weighted by Crippen LogP contribution is -2.44. The average molecular weight is 484 g/mol. The summed E-state index contributed by atoms with van der Waals surface area (Å²) in [4.78, 5) is 17.0. The second kappa shape index (κ2) is 11.7. The van der Waals surface area contributed by atoms with E-state index in [0.29, 0.717) is 24.1 Å². The molecule has 0 bridgehead atoms. The van der Waals surface area contributed by atoms with Crippen molar-refractivity contribution in [2.75, 3.05) is 37.6 Å². The topological polar surface area (TPSA) is 55.8 Å². The first-order valence-corrected chi connectivity index (χ1v) is 13.3. The Morgan fingerprint density at radius 2 is 1.44 bits per heavy atom. The van der Waals surface area contributed by atoms with E-state index in [2.05, 4.69) is 83.0 Å². The van der Waals surface area contributed by atoms with Crippen LogP contribution in [0.3, 0.4) is 0 Å². The predicted octanol–water partition coefficient (Wildman–Crippen LogP) is 4.67. The lowest BCUT2D eigenvalue weighted by Gasteiger charge is -2.35. The molecule has 0 radical (unpaired) electrons. The van der Waals surface area contributed by atoms with E-state index >= 15 is 0 Å². The van der Waals surface area contributed by atoms with Crippen molar-refractivity contribution in [3.05, 3.63) is 102 Å². The highest BCUT2D eigenvalue weighted by Gasteiger charge is 2.24. The van der Waals surface area contributed by atoms with E-state index in [9.17, 15) is 9.90 Å². The third kappa shape index (κ3) is 5.97. The smallest absolute Gasteiger partial charge is 0.253 e. The van der Waals surface area contributed by atoms with Gasteiger partial charge < -0.3 is 20.2 Å². The fourth-order valence-electron chi connectivity index (χ4n) is 5.56. The highest BCUT2D eigenvalue weighted by Crippen LogP contribution is 2.26. The van der Waals surface area contributed by atoms with Gasteiger partial charge in [0.05, 0.1) is 6.10 Å². The first-order chi connectivity index (χ1) is 17.7. The van der Waals surface area contributed by atoms with Gasteiger partial charge in [-0.05, 0) is 61.1 Å². The fraction of sp³-hybridized carbons (Fsp3) is 0.387. The van der Waals surface area contributed by atoms with Gasteiger partial charge in [0.1, 0.15) is 0 Å². The SMILES string of the molecule is O=C(c1ccc(N2CCC(NCC(c3ccccc3)c3ccccc3)CC2)cc1)N1CCC[C@H](O)C1. The minimum atomic E-state index is -0.396. The van der Waals surface area contributed by atoms with Crippen LogP contribution in [0.5, 0.6) is 0 Å². The van der Waals surface area contributed by atoms with Crippen LogP contribution in [0, 0.1) is 0 Å². The molecule has 2 heterocycles. The molecule has 1 atom stereocenters. The summed E-state index contributed by atoms with van der Waals surface area (Å²) >= 11 is 0. The maximum atomic E-state index is 12.8. The van der Waals surface area contributed by atoms with Crippen molar-refractivity contribution in [1.29, 1.82) is 0 Å². The number of hydrogen-bond donors (Lipinski definition) is 2. The number of β-amino-alcohol motifs (C(OH)–C–C–N with tert-alkyl or cyclic N) is 1. The molecular formula is C31H37N3O2. The summed E-state index contributed by atoms with van der Waals surface area (Å²) in [6.07, 6.45) is 3.45. The number of hydrogen-bond acceptors (Lipinski definition) is 4. The van der Waals surface area contributed by atoms with E-state index in [1.807, 2.05) is 12.1 Å². The molecule has 2 saturated heterocycles. The predicted molar refractivity (Wildman–Crippen MR) is 146 cm³/mol. The van der Waals surface area contributed by atoms with E-state index in [1.165, 1.54) is 16.8 Å². The maximum absolute atomic E-state index is 12.8. The first kappa shape index (κ1) is 24.5. The van der Waals surface area contributed by atoms with Crippen molar-refractivity contribution in [2.24, 2.45) is 0 Å². The second-order valence-electron chi connectivity index (χ2n) is 10.1. The number of carbonyl (C=O) groups excluding carboxylic acids is 1. The lowest BCUT2D eigenvalue weighted by molar-refractivity contribution is 0.0474. The molecule has 5 nitrogen and oxygen atoms in total. The molecule has 0 saturated carbocycles. The van der Waals surface area contributed by atoms with Gasteiger partial charge in [-0.1, -0.05) is 60.7 Å². The van der Waals surface area contributed by atoms with Crippen LogP contribution in [-0.4, -0.2) is 60.8 Å². The van der Waals surface area contributed by atoms with Crippen LogP contribution < -0.4 is 10.2 Å². The number of benzene rings is 3. The number of nitrogens with one attached hydrogen (secondary N) is 1. The highest BCUT2D eigenvalue weighted by atomic mass is 16.3. The van der Waals surface area contributed by atoms with Gasteiger partial charge in [0, 0.05) is 55.9 Å². The molecule has 0 unspecified atom stereocenters. The minimum Gasteiger partial charge on any atom is -0.391 e. The number of aliphatic hydroxyl groups excluding tert-OH is 1. The van der Waals surface area contributed by atoms with Gasteiger partial charge in [-0.2, -0.15) is 0 Å². The molecule has 5 heteroatoms. The van der Waals surface area contributed by atoms with E-state index in [1.54, 1.807) is 4.90 Å². The van der Waals surface area contributed by atoms with Crippen molar-refractivity contribution in [1.82, 2.24) is 10.2 Å². The molecule has 0 spiro atoms. The Hall–Kier alpha value is -3.15. The van der Waals surface area contributed by atoms with E-state index in [-0.39, 0.29) is 5.91 Å². The molecule has 0 aromatic heterocycles. The zero-order valence-corrected chi connectivity index (χ0v) is 20.9. The van der Waals surface area contributed by atoms with Crippen LogP contribution in [0.25, 0.3) is 0 Å². The van der Waals surface area contributed by atoms with Crippen LogP contribution in [0.4, 0.5) is 5.69 Å². The van der Waals surface area contributed by atoms with Gasteiger partial charge in [0.15, 0.2) is 0 Å². The van der Waals surface area contributed by atoms with Gasteiger partial charge in [-0.25, -0.2) is 0 Å². The van der Waals surface area contributed by atoms with Crippen molar-refractivity contribution >= 4 is 11.6 Å². The van der Waals surface area contributed by atoms with Crippen LogP contribution in [0.1, 0.15) is 53.1 Å². The number of nitrogens with zero attached hydrogens (tertiary/aromatic N) is 2. The molecule has 188 valence electrons. The number of amides is 1. The quantitative estimate of drug-likeness (QED) is 0.513. The maximum Gasteiger partial charge on any atom is 0.253 e. The van der Waals surface area contributed by atoms with E-state index in [4.69, 9.17) is 0 Å². The minimum absolute atomic E-state index is 0.0228. The number of anilines is 1. The Labute approximate surface area is 214 Å². The third-order valence-corrected chi connectivity index (χ3v) is 7.67. The van der Waals surface area contributed by atoms with Crippen molar-refractivity contribution in [3.63, 3.8) is 0 Å². The Morgan fingerprint density at radius 1 is 0.833 bits per heavy atom. The van der Waals surface area contributed by atoms with Gasteiger partial charge in [-0.3, -0.25) is 4.79 Å². The molecule has 0 aliphatic carbocycles. The Bertz CT molecular complexity index is 1060. The third-order valence-electron chi connectivity index (χ3n) is 7.67. The van der Waals surface area contributed by atoms with Crippen LogP contribution in [-0.2, 0) is 0 Å². The number of carbonyl (C=O) groups is 1. The largest absolute Gasteiger partial charge is 0.391 e. The summed E-state index contributed by atoms with van der Waals surface area (Å²) in [6.45, 7) is 4.11. The normalized spacial score (nSPS) is 19.0. The van der Waals surface area contributed by atoms with Gasteiger partial charge in [-0.15, -0.1) is 0 Å². The zero-order valence-electron chi connectivity index (χ0n) is 20.9. The van der Waals surface area contributed by atoms with Gasteiger partial charge in [0.2, 0.25) is 0 Å². The van der Waals surface area contributed by atoms with Crippen LogP contribution in [0.2, 0.25) is 0 Å². The fourth-order valence-corrected chi connectivity index (χ4v) is 5.56. The van der Waals surface area contributed by atoms with Crippen molar-refractivity contribution in [3.8, 4) is 0 Å². The number of piperidine rings is 2. The number of rotatable bonds is 7. The highest BCUT2D eigenvalue weighted by molar-refractivity contribution is 5.94. The first-order valence-electron chi connectivity index (χ1n) is 13.3. The molecule has 36 heavy (non-hydrogen) atoms. The molecule has 2 fully saturated rings. The average Bonchev–Trinajstić information content (AvgIpc) is 2.94. The number of aliphatic hydroxyl groups is 1. The molecule has 3 aromatic rings. The van der Waals surface area contributed by atoms with Crippen LogP contribution in [0.15, 0.2) is 84.9 Å². The second-order valence-corrected chi connectivity index (χ2v) is 10.1. The summed E-state index contributed by atoms with van der Waals surface area (Å²) in [5, 5.41) is 13.7. The molecule has 2 aliphatic rings. The summed E-state index contributed by atoms with van der Waals surface area (Å²) in [5.41, 5.74) is 4.58. The van der Waals surface area contributed by atoms with Crippen molar-refractivity contribution < 1.29 is 9.90 Å². The molecule has 1 amide bonds. The monoisotopic (exact) mass is 483 g/mol. The Kier molecular flexibility index (Phi) is 7.99. The molecule has 3 aromatic carbocycles. The van der Waals surface area contributed by atoms with Gasteiger partial charge >= 0.3 is 0 Å². The van der Waals surface area contributed by atoms with E-state index < -0.39 is 6.10 Å². The van der Waals surface area contributed by atoms with Crippen molar-refractivity contribution in [2.45, 2.75) is 43.7 Å². The zero-order chi connectivity index (χ0) is 24.7. The van der Waals surface area contributed by atoms with Crippen LogP contribution >= 0.6 is 0 Å². The summed E-state index contributed by atoms with van der Waals surface area (Å²) in [7, 11) is 0. The Balaban J connectivity index is 1.14. The lowest BCUT2D eigenvalue weighted by atomic mass is 9.90. The standard InChI is InChI=1S/C31H37N3O2/c35-29-12-7-19-34(23-29)31(36)26-13-15-28(16-14-26)33-20-17-27(18-21-33)32-22-30(24-8-3-1-4-9-24)25-10-5-2-6-11-25/h1-6,8-11,13-16,27,29-30,32,35H,7,12,17-23H2/t29-/m0/s1.